The van der Waals surface area contributed by atoms with Gasteiger partial charge in [-0.2, -0.15) is 4.98 Å². The van der Waals surface area contributed by atoms with E-state index < -0.39 is 0 Å². The molecule has 2 fully saturated rings. The number of aromatic nitrogens is 2. The molecule has 26 heavy (non-hydrogen) atoms. The lowest BCUT2D eigenvalue weighted by molar-refractivity contribution is 0.0297. The molecule has 1 aromatic carbocycles. The van der Waals surface area contributed by atoms with Crippen LogP contribution in [0, 0.1) is 0 Å². The molecular weight excluding hydrogens is 330 g/mol. The molecule has 1 saturated heterocycles. The van der Waals surface area contributed by atoms with Crippen molar-refractivity contribution in [1.82, 2.24) is 15.0 Å². The van der Waals surface area contributed by atoms with Gasteiger partial charge in [0.1, 0.15) is 11.4 Å². The number of nitrogens with zero attached hydrogens (tertiary/aromatic N) is 3. The second-order valence-corrected chi connectivity index (χ2v) is 7.83. The molecular formula is C20H23N3O3. The topological polar surface area (TPSA) is 68.5 Å². The predicted octanol–water partition coefficient (Wildman–Crippen LogP) is 3.34. The Labute approximate surface area is 152 Å². The maximum absolute atomic E-state index is 12.6. The zero-order valence-electron chi connectivity index (χ0n) is 14.8. The van der Waals surface area contributed by atoms with Crippen LogP contribution in [0.4, 0.5) is 0 Å². The van der Waals surface area contributed by atoms with Crippen molar-refractivity contribution in [1.29, 1.82) is 0 Å². The number of ketones is 1. The molecule has 6 heteroatoms. The number of Topliss-reactive ketones (excluding diaryl/α,β-unsaturated/α-hetero) is 1. The third kappa shape index (κ3) is 3.03. The summed E-state index contributed by atoms with van der Waals surface area (Å²) >= 11 is 0. The molecule has 1 spiro atoms. The van der Waals surface area contributed by atoms with Crippen molar-refractivity contribution in [2.75, 3.05) is 13.1 Å². The SMILES string of the molecule is O=C1CC2(CCCN(Cc3nc(C4CC4)no3)CC2)Oc2ccccc21. The Hall–Kier alpha value is -2.21. The summed E-state index contributed by atoms with van der Waals surface area (Å²) in [5, 5.41) is 4.10. The zero-order chi connectivity index (χ0) is 17.6. The second kappa shape index (κ2) is 6.20. The van der Waals surface area contributed by atoms with Crippen LogP contribution in [-0.4, -0.2) is 39.5 Å². The maximum Gasteiger partial charge on any atom is 0.240 e. The molecule has 0 N–H and O–H groups in total. The van der Waals surface area contributed by atoms with Crippen molar-refractivity contribution in [3.05, 3.63) is 41.5 Å². The normalized spacial score (nSPS) is 26.4. The van der Waals surface area contributed by atoms with Gasteiger partial charge in [-0.15, -0.1) is 0 Å². The Bertz CT molecular complexity index is 829. The lowest BCUT2D eigenvalue weighted by Gasteiger charge is -2.37. The lowest BCUT2D eigenvalue weighted by atomic mass is 9.84. The number of rotatable bonds is 3. The number of fused-ring (bicyclic) bond motifs is 1. The molecule has 0 amide bonds. The highest BCUT2D eigenvalue weighted by molar-refractivity contribution is 6.00. The quantitative estimate of drug-likeness (QED) is 0.843. The van der Waals surface area contributed by atoms with Crippen LogP contribution in [0.2, 0.25) is 0 Å². The van der Waals surface area contributed by atoms with Gasteiger partial charge in [0.05, 0.1) is 18.5 Å². The zero-order valence-corrected chi connectivity index (χ0v) is 14.8. The minimum absolute atomic E-state index is 0.200. The summed E-state index contributed by atoms with van der Waals surface area (Å²) < 4.78 is 11.8. The molecule has 1 unspecified atom stereocenters. The average molecular weight is 353 g/mol. The van der Waals surface area contributed by atoms with Gasteiger partial charge in [-0.25, -0.2) is 0 Å². The van der Waals surface area contributed by atoms with Gasteiger partial charge in [-0.3, -0.25) is 9.69 Å². The van der Waals surface area contributed by atoms with E-state index in [4.69, 9.17) is 9.26 Å². The molecule has 0 bridgehead atoms. The minimum atomic E-state index is -0.367. The molecule has 5 rings (SSSR count). The molecule has 3 heterocycles. The third-order valence-corrected chi connectivity index (χ3v) is 5.77. The van der Waals surface area contributed by atoms with Crippen LogP contribution in [0.3, 0.4) is 0 Å². The van der Waals surface area contributed by atoms with Crippen molar-refractivity contribution in [3.63, 3.8) is 0 Å². The molecule has 1 aliphatic carbocycles. The summed E-state index contributed by atoms with van der Waals surface area (Å²) in [5.41, 5.74) is 0.353. The highest BCUT2D eigenvalue weighted by atomic mass is 16.5. The van der Waals surface area contributed by atoms with Gasteiger partial charge < -0.3 is 9.26 Å². The monoisotopic (exact) mass is 353 g/mol. The van der Waals surface area contributed by atoms with Crippen LogP contribution in [0.15, 0.2) is 28.8 Å². The van der Waals surface area contributed by atoms with Crippen LogP contribution < -0.4 is 4.74 Å². The van der Waals surface area contributed by atoms with Crippen molar-refractivity contribution in [2.45, 2.75) is 56.6 Å². The summed E-state index contributed by atoms with van der Waals surface area (Å²) in [7, 11) is 0. The predicted molar refractivity (Wildman–Crippen MR) is 94.1 cm³/mol. The van der Waals surface area contributed by atoms with Gasteiger partial charge in [0.2, 0.25) is 5.89 Å². The van der Waals surface area contributed by atoms with E-state index in [9.17, 15) is 4.79 Å². The van der Waals surface area contributed by atoms with E-state index in [0.717, 1.165) is 49.5 Å². The van der Waals surface area contributed by atoms with E-state index >= 15 is 0 Å². The fourth-order valence-corrected chi connectivity index (χ4v) is 4.13. The van der Waals surface area contributed by atoms with E-state index in [1.165, 1.54) is 12.8 Å². The molecule has 1 atom stereocenters. The van der Waals surface area contributed by atoms with Gasteiger partial charge in [0, 0.05) is 18.9 Å². The van der Waals surface area contributed by atoms with Crippen molar-refractivity contribution >= 4 is 5.78 Å². The Morgan fingerprint density at radius 2 is 2.08 bits per heavy atom. The molecule has 1 saturated carbocycles. The van der Waals surface area contributed by atoms with Gasteiger partial charge in [-0.05, 0) is 44.4 Å². The summed E-state index contributed by atoms with van der Waals surface area (Å²) in [4.78, 5) is 19.5. The van der Waals surface area contributed by atoms with Gasteiger partial charge >= 0.3 is 0 Å². The molecule has 6 nitrogen and oxygen atoms in total. The van der Waals surface area contributed by atoms with Crippen LogP contribution >= 0.6 is 0 Å². The van der Waals surface area contributed by atoms with E-state index in [2.05, 4.69) is 15.0 Å². The van der Waals surface area contributed by atoms with E-state index in [1.54, 1.807) is 0 Å². The standard InChI is InChI=1S/C20H23N3O3/c24-16-12-20(25-17-5-2-1-4-15(16)17)8-3-10-23(11-9-20)13-18-21-19(22-26-18)14-6-7-14/h1-2,4-5,14H,3,6-13H2. The largest absolute Gasteiger partial charge is 0.486 e. The van der Waals surface area contributed by atoms with Crippen LogP contribution in [0.1, 0.15) is 66.5 Å². The molecule has 0 radical (unpaired) electrons. The fourth-order valence-electron chi connectivity index (χ4n) is 4.13. The van der Waals surface area contributed by atoms with Crippen molar-refractivity contribution in [2.24, 2.45) is 0 Å². The first-order chi connectivity index (χ1) is 12.7. The molecule has 1 aromatic heterocycles. The van der Waals surface area contributed by atoms with Crippen molar-refractivity contribution < 1.29 is 14.1 Å². The molecule has 136 valence electrons. The second-order valence-electron chi connectivity index (χ2n) is 7.83. The number of para-hydroxylation sites is 1. The molecule has 2 aliphatic heterocycles. The highest BCUT2D eigenvalue weighted by Crippen LogP contribution is 2.40. The third-order valence-electron chi connectivity index (χ3n) is 5.77. The Balaban J connectivity index is 1.27. The highest BCUT2D eigenvalue weighted by Gasteiger charge is 2.41. The van der Waals surface area contributed by atoms with Crippen molar-refractivity contribution in [3.8, 4) is 5.75 Å². The van der Waals surface area contributed by atoms with E-state index in [1.807, 2.05) is 24.3 Å². The summed E-state index contributed by atoms with van der Waals surface area (Å²) in [5.74, 6) is 3.02. The number of ether oxygens (including phenoxy) is 1. The van der Waals surface area contributed by atoms with Crippen LogP contribution in [-0.2, 0) is 6.54 Å². The number of likely N-dealkylation sites (tertiary alicyclic amines) is 1. The fraction of sp³-hybridized carbons (Fsp3) is 0.550. The molecule has 3 aliphatic rings. The average Bonchev–Trinajstić information content (AvgIpc) is 3.41. The maximum atomic E-state index is 12.6. The van der Waals surface area contributed by atoms with Gasteiger partial charge in [-0.1, -0.05) is 17.3 Å². The number of hydrogen-bond acceptors (Lipinski definition) is 6. The number of carbonyl (C=O) groups excluding carboxylic acids is 1. The number of benzene rings is 1. The minimum Gasteiger partial charge on any atom is -0.486 e. The Kier molecular flexibility index (Phi) is 3.81. The number of carbonyl (C=O) groups is 1. The summed E-state index contributed by atoms with van der Waals surface area (Å²) in [6.45, 7) is 2.51. The first-order valence-electron chi connectivity index (χ1n) is 9.57. The Morgan fingerprint density at radius 3 is 2.96 bits per heavy atom. The van der Waals surface area contributed by atoms with Gasteiger partial charge in [0.15, 0.2) is 11.6 Å². The first-order valence-corrected chi connectivity index (χ1v) is 9.57. The first kappa shape index (κ1) is 16.0. The summed E-state index contributed by atoms with van der Waals surface area (Å²) in [6, 6.07) is 7.60. The van der Waals surface area contributed by atoms with E-state index in [-0.39, 0.29) is 11.4 Å². The van der Waals surface area contributed by atoms with Crippen LogP contribution in [0.5, 0.6) is 5.75 Å². The number of hydrogen-bond donors (Lipinski definition) is 0. The Morgan fingerprint density at radius 1 is 1.19 bits per heavy atom. The summed E-state index contributed by atoms with van der Waals surface area (Å²) in [6.07, 6.45) is 5.58. The molecule has 2 aromatic rings. The smallest absolute Gasteiger partial charge is 0.240 e. The van der Waals surface area contributed by atoms with E-state index in [0.29, 0.717) is 24.8 Å². The van der Waals surface area contributed by atoms with Gasteiger partial charge in [0.25, 0.3) is 0 Å². The van der Waals surface area contributed by atoms with Crippen LogP contribution in [0.25, 0.3) is 0 Å². The lowest BCUT2D eigenvalue weighted by Crippen LogP contribution is -2.42.